The fraction of sp³-hybridized carbons (Fsp3) is 0.474. The maximum absolute atomic E-state index is 12.9. The highest BCUT2D eigenvalue weighted by Crippen LogP contribution is 2.38. The highest BCUT2D eigenvalue weighted by molar-refractivity contribution is 9.10. The van der Waals surface area contributed by atoms with Crippen molar-refractivity contribution in [3.8, 4) is 22.9 Å². The van der Waals surface area contributed by atoms with Gasteiger partial charge in [-0.25, -0.2) is 9.97 Å². The molecule has 0 aliphatic rings. The molecule has 2 aromatic rings. The number of anilines is 1. The van der Waals surface area contributed by atoms with E-state index in [1.54, 1.807) is 6.07 Å². The average Bonchev–Trinajstić information content (AvgIpc) is 2.64. The molecule has 1 N–H and O–H groups in total. The third-order valence-corrected chi connectivity index (χ3v) is 4.71. The first-order valence-corrected chi connectivity index (χ1v) is 9.78. The number of nitrogens with zero attached hydrogens (tertiary/aromatic N) is 2. The second-order valence-electron chi connectivity index (χ2n) is 6.08. The highest BCUT2D eigenvalue weighted by atomic mass is 79.9. The van der Waals surface area contributed by atoms with Gasteiger partial charge >= 0.3 is 6.36 Å². The summed E-state index contributed by atoms with van der Waals surface area (Å²) in [5.41, 5.74) is 1.03. The van der Waals surface area contributed by atoms with Gasteiger partial charge in [0.1, 0.15) is 5.75 Å². The van der Waals surface area contributed by atoms with E-state index < -0.39 is 6.36 Å². The van der Waals surface area contributed by atoms with Crippen LogP contribution < -0.4 is 14.8 Å². The molecule has 1 aromatic heterocycles. The zero-order chi connectivity index (χ0) is 20.9. The standard InChI is InChI=1S/C19H23BrF3N3O2/c1-5-12(6-2)24-17-18(27-4)26-16(14(7-3)25-17)13-9-8-11(20)10-15(13)28-19(21,22)23/h8-10,12H,5-7H2,1-4H3,(H,24,25). The summed E-state index contributed by atoms with van der Waals surface area (Å²) >= 11 is 3.18. The van der Waals surface area contributed by atoms with Crippen LogP contribution in [0, 0.1) is 0 Å². The smallest absolute Gasteiger partial charge is 0.478 e. The molecule has 28 heavy (non-hydrogen) atoms. The SMILES string of the molecule is CCc1nc(NC(CC)CC)c(OC)nc1-c1ccc(Br)cc1OC(F)(F)F. The molecule has 0 aliphatic carbocycles. The van der Waals surface area contributed by atoms with Crippen molar-refractivity contribution in [3.63, 3.8) is 0 Å². The third kappa shape index (κ3) is 5.50. The van der Waals surface area contributed by atoms with Gasteiger partial charge in [-0.3, -0.25) is 0 Å². The first-order valence-electron chi connectivity index (χ1n) is 8.99. The number of benzene rings is 1. The fourth-order valence-electron chi connectivity index (χ4n) is 2.74. The van der Waals surface area contributed by atoms with E-state index in [1.807, 2.05) is 6.92 Å². The molecule has 0 radical (unpaired) electrons. The Kier molecular flexibility index (Phi) is 7.51. The Balaban J connectivity index is 2.60. The maximum atomic E-state index is 12.9. The second-order valence-corrected chi connectivity index (χ2v) is 6.99. The van der Waals surface area contributed by atoms with E-state index in [0.29, 0.717) is 28.1 Å². The average molecular weight is 462 g/mol. The number of halogens is 4. The van der Waals surface area contributed by atoms with Crippen LogP contribution in [0.5, 0.6) is 11.6 Å². The molecule has 2 rings (SSSR count). The van der Waals surface area contributed by atoms with Crippen molar-refractivity contribution in [3.05, 3.63) is 28.4 Å². The van der Waals surface area contributed by atoms with Gasteiger partial charge in [0.2, 0.25) is 0 Å². The van der Waals surface area contributed by atoms with Gasteiger partial charge in [-0.05, 0) is 37.5 Å². The predicted molar refractivity (Wildman–Crippen MR) is 106 cm³/mol. The van der Waals surface area contributed by atoms with Crippen molar-refractivity contribution in [2.75, 3.05) is 12.4 Å². The lowest BCUT2D eigenvalue weighted by Crippen LogP contribution is -2.20. The van der Waals surface area contributed by atoms with E-state index >= 15 is 0 Å². The third-order valence-electron chi connectivity index (χ3n) is 4.22. The van der Waals surface area contributed by atoms with Crippen LogP contribution in [0.4, 0.5) is 19.0 Å². The Bertz CT molecular complexity index is 812. The van der Waals surface area contributed by atoms with Crippen molar-refractivity contribution < 1.29 is 22.6 Å². The minimum Gasteiger partial charge on any atom is -0.478 e. The summed E-state index contributed by atoms with van der Waals surface area (Å²) in [5, 5.41) is 3.30. The Labute approximate surface area is 170 Å². The molecule has 0 spiro atoms. The largest absolute Gasteiger partial charge is 0.573 e. The van der Waals surface area contributed by atoms with Gasteiger partial charge < -0.3 is 14.8 Å². The highest BCUT2D eigenvalue weighted by Gasteiger charge is 2.33. The molecule has 0 unspecified atom stereocenters. The van der Waals surface area contributed by atoms with Gasteiger partial charge in [0, 0.05) is 16.1 Å². The molecular weight excluding hydrogens is 439 g/mol. The monoisotopic (exact) mass is 461 g/mol. The number of hydrogen-bond acceptors (Lipinski definition) is 5. The number of nitrogens with one attached hydrogen (secondary N) is 1. The van der Waals surface area contributed by atoms with E-state index in [1.165, 1.54) is 19.2 Å². The Hall–Kier alpha value is -2.03. The molecule has 5 nitrogen and oxygen atoms in total. The van der Waals surface area contributed by atoms with Crippen molar-refractivity contribution in [1.82, 2.24) is 9.97 Å². The van der Waals surface area contributed by atoms with Crippen LogP contribution in [0.3, 0.4) is 0 Å². The molecule has 0 aliphatic heterocycles. The quantitative estimate of drug-likeness (QED) is 0.524. The van der Waals surface area contributed by atoms with Gasteiger partial charge in [-0.1, -0.05) is 36.7 Å². The zero-order valence-electron chi connectivity index (χ0n) is 16.2. The predicted octanol–water partition coefficient (Wildman–Crippen LogP) is 5.98. The van der Waals surface area contributed by atoms with Crippen LogP contribution in [0.1, 0.15) is 39.3 Å². The summed E-state index contributed by atoms with van der Waals surface area (Å²) in [6.07, 6.45) is -2.57. The Morgan fingerprint density at radius 3 is 2.36 bits per heavy atom. The Morgan fingerprint density at radius 2 is 1.82 bits per heavy atom. The van der Waals surface area contributed by atoms with Crippen molar-refractivity contribution >= 4 is 21.7 Å². The second kappa shape index (κ2) is 9.45. The van der Waals surface area contributed by atoms with Gasteiger partial charge in [0.25, 0.3) is 5.88 Å². The van der Waals surface area contributed by atoms with Crippen molar-refractivity contribution in [2.24, 2.45) is 0 Å². The molecule has 0 saturated carbocycles. The number of aromatic nitrogens is 2. The lowest BCUT2D eigenvalue weighted by Gasteiger charge is -2.20. The molecule has 1 heterocycles. The van der Waals surface area contributed by atoms with Crippen molar-refractivity contribution in [1.29, 1.82) is 0 Å². The Morgan fingerprint density at radius 1 is 1.14 bits per heavy atom. The fourth-order valence-corrected chi connectivity index (χ4v) is 3.08. The number of ether oxygens (including phenoxy) is 2. The first-order chi connectivity index (χ1) is 13.2. The number of rotatable bonds is 8. The lowest BCUT2D eigenvalue weighted by molar-refractivity contribution is -0.274. The van der Waals surface area contributed by atoms with E-state index in [9.17, 15) is 13.2 Å². The van der Waals surface area contributed by atoms with Crippen LogP contribution in [0.15, 0.2) is 22.7 Å². The zero-order valence-corrected chi connectivity index (χ0v) is 17.7. The topological polar surface area (TPSA) is 56.3 Å². The van der Waals surface area contributed by atoms with E-state index in [-0.39, 0.29) is 23.2 Å². The van der Waals surface area contributed by atoms with Crippen LogP contribution >= 0.6 is 15.9 Å². The van der Waals surface area contributed by atoms with Crippen LogP contribution in [0.25, 0.3) is 11.3 Å². The minimum absolute atomic E-state index is 0.190. The first kappa shape index (κ1) is 22.3. The number of aryl methyl sites for hydroxylation is 1. The normalized spacial score (nSPS) is 11.6. The summed E-state index contributed by atoms with van der Waals surface area (Å²) in [6.45, 7) is 5.97. The van der Waals surface area contributed by atoms with Gasteiger partial charge in [0.15, 0.2) is 5.82 Å². The lowest BCUT2D eigenvalue weighted by atomic mass is 10.1. The molecule has 0 atom stereocenters. The molecule has 0 amide bonds. The summed E-state index contributed by atoms with van der Waals surface area (Å²) < 4.78 is 48.6. The number of hydrogen-bond donors (Lipinski definition) is 1. The van der Waals surface area contributed by atoms with E-state index in [4.69, 9.17) is 4.74 Å². The molecular formula is C19H23BrF3N3O2. The molecule has 0 fully saturated rings. The summed E-state index contributed by atoms with van der Waals surface area (Å²) in [7, 11) is 1.45. The van der Waals surface area contributed by atoms with Gasteiger partial charge in [0.05, 0.1) is 18.5 Å². The summed E-state index contributed by atoms with van der Waals surface area (Å²) in [6, 6.07) is 4.59. The molecule has 154 valence electrons. The molecule has 0 saturated heterocycles. The number of methoxy groups -OCH3 is 1. The maximum Gasteiger partial charge on any atom is 0.573 e. The molecule has 1 aromatic carbocycles. The van der Waals surface area contributed by atoms with Crippen LogP contribution in [0.2, 0.25) is 0 Å². The van der Waals surface area contributed by atoms with Crippen LogP contribution in [-0.2, 0) is 6.42 Å². The number of alkyl halides is 3. The van der Waals surface area contributed by atoms with Crippen LogP contribution in [-0.4, -0.2) is 29.5 Å². The summed E-state index contributed by atoms with van der Waals surface area (Å²) in [5.74, 6) is 0.348. The van der Waals surface area contributed by atoms with E-state index in [2.05, 4.69) is 49.8 Å². The minimum atomic E-state index is -4.82. The molecule has 9 heteroatoms. The molecule has 0 bridgehead atoms. The van der Waals surface area contributed by atoms with Gasteiger partial charge in [-0.15, -0.1) is 13.2 Å². The van der Waals surface area contributed by atoms with Crippen molar-refractivity contribution in [2.45, 2.75) is 52.4 Å². The van der Waals surface area contributed by atoms with Gasteiger partial charge in [-0.2, -0.15) is 0 Å². The summed E-state index contributed by atoms with van der Waals surface area (Å²) in [4.78, 5) is 9.05. The van der Waals surface area contributed by atoms with E-state index in [0.717, 1.165) is 12.8 Å².